The van der Waals surface area contributed by atoms with E-state index in [1.54, 1.807) is 9.58 Å². The maximum absolute atomic E-state index is 12.2. The largest absolute Gasteiger partial charge is 0.391 e. The number of aryl methyl sites for hydroxylation is 2. The molecule has 2 heterocycles. The molecule has 1 saturated heterocycles. The number of hydrogen-bond donors (Lipinski definition) is 2. The van der Waals surface area contributed by atoms with Gasteiger partial charge in [0.05, 0.1) is 11.8 Å². The van der Waals surface area contributed by atoms with Crippen LogP contribution in [0.1, 0.15) is 32.4 Å². The number of aliphatic hydroxyl groups is 1. The van der Waals surface area contributed by atoms with Crippen LogP contribution < -0.4 is 5.32 Å². The fraction of sp³-hybridized carbons (Fsp3) is 0.714. The molecule has 1 aliphatic heterocycles. The molecular formula is C14H24N4O2. The number of aliphatic hydroxyl groups excluding tert-OH is 1. The first-order valence-corrected chi connectivity index (χ1v) is 7.28. The van der Waals surface area contributed by atoms with Crippen molar-refractivity contribution in [2.45, 2.75) is 39.2 Å². The molecule has 2 N–H and O–H groups in total. The SMILES string of the molecule is CCCc1cc(NC(=O)N2CCC(C)C(O)C2)n(C)n1. The second-order valence-corrected chi connectivity index (χ2v) is 5.60. The molecule has 0 aliphatic carbocycles. The van der Waals surface area contributed by atoms with Gasteiger partial charge in [0, 0.05) is 26.2 Å². The number of rotatable bonds is 3. The highest BCUT2D eigenvalue weighted by Crippen LogP contribution is 2.18. The number of carbonyl (C=O) groups is 1. The normalized spacial score (nSPS) is 22.9. The molecule has 0 saturated carbocycles. The van der Waals surface area contributed by atoms with Crippen LogP contribution in [-0.4, -0.2) is 45.0 Å². The van der Waals surface area contributed by atoms with Crippen LogP contribution in [0.5, 0.6) is 0 Å². The van der Waals surface area contributed by atoms with Gasteiger partial charge in [-0.3, -0.25) is 10.00 Å². The van der Waals surface area contributed by atoms with Crippen LogP contribution in [0.2, 0.25) is 0 Å². The quantitative estimate of drug-likeness (QED) is 0.883. The summed E-state index contributed by atoms with van der Waals surface area (Å²) in [5.74, 6) is 0.957. The third kappa shape index (κ3) is 3.30. The maximum Gasteiger partial charge on any atom is 0.323 e. The van der Waals surface area contributed by atoms with E-state index in [2.05, 4.69) is 17.3 Å². The summed E-state index contributed by atoms with van der Waals surface area (Å²) in [5, 5.41) is 17.1. The number of anilines is 1. The summed E-state index contributed by atoms with van der Waals surface area (Å²) in [6, 6.07) is 1.74. The van der Waals surface area contributed by atoms with E-state index in [-0.39, 0.29) is 11.9 Å². The third-order valence-corrected chi connectivity index (χ3v) is 3.88. The van der Waals surface area contributed by atoms with Crippen molar-refractivity contribution in [2.75, 3.05) is 18.4 Å². The number of β-amino-alcohol motifs (C(OH)–C–C–N with tert-alkyl or cyclic N) is 1. The molecule has 2 rings (SSSR count). The fourth-order valence-electron chi connectivity index (χ4n) is 2.44. The van der Waals surface area contributed by atoms with Gasteiger partial charge >= 0.3 is 6.03 Å². The van der Waals surface area contributed by atoms with Crippen molar-refractivity contribution in [3.8, 4) is 0 Å². The first kappa shape index (κ1) is 14.8. The highest BCUT2D eigenvalue weighted by atomic mass is 16.3. The number of hydrogen-bond acceptors (Lipinski definition) is 3. The molecule has 112 valence electrons. The van der Waals surface area contributed by atoms with Gasteiger partial charge in [-0.2, -0.15) is 5.10 Å². The molecule has 1 fully saturated rings. The van der Waals surface area contributed by atoms with Crippen molar-refractivity contribution in [1.29, 1.82) is 0 Å². The summed E-state index contributed by atoms with van der Waals surface area (Å²) >= 11 is 0. The first-order valence-electron chi connectivity index (χ1n) is 7.28. The van der Waals surface area contributed by atoms with Gasteiger partial charge in [0.1, 0.15) is 5.82 Å². The van der Waals surface area contributed by atoms with Crippen LogP contribution >= 0.6 is 0 Å². The summed E-state index contributed by atoms with van der Waals surface area (Å²) in [4.78, 5) is 13.9. The Hall–Kier alpha value is -1.56. The Balaban J connectivity index is 1.97. The van der Waals surface area contributed by atoms with Crippen LogP contribution in [0.3, 0.4) is 0 Å². The Morgan fingerprint density at radius 2 is 2.35 bits per heavy atom. The fourth-order valence-corrected chi connectivity index (χ4v) is 2.44. The predicted octanol–water partition coefficient (Wildman–Crippen LogP) is 1.61. The van der Waals surface area contributed by atoms with Crippen LogP contribution in [0.15, 0.2) is 6.07 Å². The molecule has 0 bridgehead atoms. The third-order valence-electron chi connectivity index (χ3n) is 3.88. The topological polar surface area (TPSA) is 70.4 Å². The average Bonchev–Trinajstić information content (AvgIpc) is 2.73. The molecule has 0 radical (unpaired) electrons. The molecule has 1 aliphatic rings. The second kappa shape index (κ2) is 6.26. The molecule has 0 spiro atoms. The molecule has 6 nitrogen and oxygen atoms in total. The lowest BCUT2D eigenvalue weighted by atomic mass is 9.96. The van der Waals surface area contributed by atoms with Crippen LogP contribution in [0.4, 0.5) is 10.6 Å². The van der Waals surface area contributed by atoms with Gasteiger partial charge in [0.25, 0.3) is 0 Å². The van der Waals surface area contributed by atoms with Gasteiger partial charge in [-0.1, -0.05) is 20.3 Å². The van der Waals surface area contributed by atoms with Gasteiger partial charge in [-0.15, -0.1) is 0 Å². The zero-order valence-corrected chi connectivity index (χ0v) is 12.5. The number of amides is 2. The van der Waals surface area contributed by atoms with Crippen LogP contribution in [0, 0.1) is 5.92 Å². The molecule has 20 heavy (non-hydrogen) atoms. The summed E-state index contributed by atoms with van der Waals surface area (Å²) < 4.78 is 1.69. The average molecular weight is 280 g/mol. The van der Waals surface area contributed by atoms with E-state index in [1.807, 2.05) is 20.0 Å². The summed E-state index contributed by atoms with van der Waals surface area (Å²) in [7, 11) is 1.82. The van der Waals surface area contributed by atoms with Gasteiger partial charge < -0.3 is 10.0 Å². The summed E-state index contributed by atoms with van der Waals surface area (Å²) in [6.45, 7) is 5.19. The van der Waals surface area contributed by atoms with Crippen molar-refractivity contribution in [1.82, 2.24) is 14.7 Å². The minimum absolute atomic E-state index is 0.165. The van der Waals surface area contributed by atoms with E-state index in [0.29, 0.717) is 18.9 Å². The van der Waals surface area contributed by atoms with E-state index in [4.69, 9.17) is 0 Å². The van der Waals surface area contributed by atoms with Gasteiger partial charge in [-0.25, -0.2) is 4.79 Å². The molecule has 6 heteroatoms. The maximum atomic E-state index is 12.2. The first-order chi connectivity index (χ1) is 9.51. The number of urea groups is 1. The number of carbonyl (C=O) groups excluding carboxylic acids is 1. The summed E-state index contributed by atoms with van der Waals surface area (Å²) in [6.07, 6.45) is 2.34. The van der Waals surface area contributed by atoms with Crippen LogP contribution in [-0.2, 0) is 13.5 Å². The lowest BCUT2D eigenvalue weighted by molar-refractivity contribution is 0.0463. The Labute approximate surface area is 119 Å². The standard InChI is InChI=1S/C14H24N4O2/c1-4-5-11-8-13(17(3)16-11)15-14(20)18-7-6-10(2)12(19)9-18/h8,10,12,19H,4-7,9H2,1-3H3,(H,15,20). The van der Waals surface area contributed by atoms with Crippen LogP contribution in [0.25, 0.3) is 0 Å². The summed E-state index contributed by atoms with van der Waals surface area (Å²) in [5.41, 5.74) is 0.984. The number of aromatic nitrogens is 2. The van der Waals surface area contributed by atoms with Gasteiger partial charge in [-0.05, 0) is 18.8 Å². The number of nitrogens with zero attached hydrogens (tertiary/aromatic N) is 3. The molecule has 2 amide bonds. The molecular weight excluding hydrogens is 256 g/mol. The lowest BCUT2D eigenvalue weighted by Crippen LogP contribution is -2.47. The Bertz CT molecular complexity index is 472. The predicted molar refractivity (Wildman–Crippen MR) is 77.6 cm³/mol. The Morgan fingerprint density at radius 1 is 1.60 bits per heavy atom. The molecule has 2 unspecified atom stereocenters. The Morgan fingerprint density at radius 3 is 3.00 bits per heavy atom. The minimum atomic E-state index is -0.434. The zero-order valence-electron chi connectivity index (χ0n) is 12.5. The second-order valence-electron chi connectivity index (χ2n) is 5.60. The molecule has 1 aromatic rings. The molecule has 2 atom stereocenters. The van der Waals surface area contributed by atoms with E-state index in [1.165, 1.54) is 0 Å². The van der Waals surface area contributed by atoms with Crippen molar-refractivity contribution in [3.63, 3.8) is 0 Å². The van der Waals surface area contributed by atoms with E-state index in [0.717, 1.165) is 25.0 Å². The lowest BCUT2D eigenvalue weighted by Gasteiger charge is -2.34. The highest BCUT2D eigenvalue weighted by Gasteiger charge is 2.27. The molecule has 0 aromatic carbocycles. The van der Waals surface area contributed by atoms with Crippen molar-refractivity contribution >= 4 is 11.8 Å². The van der Waals surface area contributed by atoms with Crippen molar-refractivity contribution < 1.29 is 9.90 Å². The van der Waals surface area contributed by atoms with Gasteiger partial charge in [0.15, 0.2) is 0 Å². The number of piperidine rings is 1. The Kier molecular flexibility index (Phi) is 4.65. The van der Waals surface area contributed by atoms with E-state index < -0.39 is 6.10 Å². The van der Waals surface area contributed by atoms with Gasteiger partial charge in [0.2, 0.25) is 0 Å². The minimum Gasteiger partial charge on any atom is -0.391 e. The number of likely N-dealkylation sites (tertiary alicyclic amines) is 1. The zero-order chi connectivity index (χ0) is 14.7. The van der Waals surface area contributed by atoms with Crippen molar-refractivity contribution in [2.24, 2.45) is 13.0 Å². The molecule has 1 aromatic heterocycles. The number of nitrogens with one attached hydrogen (secondary N) is 1. The van der Waals surface area contributed by atoms with Crippen molar-refractivity contribution in [3.05, 3.63) is 11.8 Å². The smallest absolute Gasteiger partial charge is 0.323 e. The van der Waals surface area contributed by atoms with E-state index >= 15 is 0 Å². The highest BCUT2D eigenvalue weighted by molar-refractivity contribution is 5.88. The van der Waals surface area contributed by atoms with E-state index in [9.17, 15) is 9.90 Å². The monoisotopic (exact) mass is 280 g/mol.